The molecule has 4 heteroatoms. The largest absolute Gasteiger partial charge is 0.278 e. The van der Waals surface area contributed by atoms with E-state index in [-0.39, 0.29) is 17.7 Å². The van der Waals surface area contributed by atoms with Crippen LogP contribution in [-0.4, -0.2) is 12.3 Å². The number of imide groups is 1. The van der Waals surface area contributed by atoms with Crippen LogP contribution in [0, 0.1) is 35.5 Å². The summed E-state index contributed by atoms with van der Waals surface area (Å²) in [6.07, 6.45) is 10.1. The van der Waals surface area contributed by atoms with Crippen molar-refractivity contribution in [3.05, 3.63) is 41.4 Å². The first-order valence-corrected chi connectivity index (χ1v) is 10.5. The summed E-state index contributed by atoms with van der Waals surface area (Å²) in [4.78, 5) is 25.6. The third-order valence-electron chi connectivity index (χ3n) is 6.95. The van der Waals surface area contributed by atoms with E-state index in [2.05, 4.69) is 26.0 Å². The topological polar surface area (TPSA) is 37.4 Å². The fraction of sp³-hybridized carbons (Fsp3) is 0.565. The Kier molecular flexibility index (Phi) is 6.41. The van der Waals surface area contributed by atoms with Crippen molar-refractivity contribution < 1.29 is 9.59 Å². The van der Waals surface area contributed by atoms with Gasteiger partial charge in [-0.15, -0.1) is 0 Å². The van der Waals surface area contributed by atoms with E-state index in [0.717, 1.165) is 41.4 Å². The molecule has 0 N–H and O–H groups in total. The highest BCUT2D eigenvalue weighted by molar-refractivity contribution is 6.34. The number of fused-ring (bicyclic) bond motifs is 2. The molecule has 0 saturated heterocycles. The SMILES string of the molecule is CC(CCCC1C2C=CC(C2)C1C)C(C)C(=O)N(C=O)c1ccccc1Cl. The normalized spacial score (nSPS) is 28.1. The fourth-order valence-electron chi connectivity index (χ4n) is 4.91. The Balaban J connectivity index is 1.54. The molecule has 2 amide bonds. The first-order valence-electron chi connectivity index (χ1n) is 10.1. The van der Waals surface area contributed by atoms with Crippen molar-refractivity contribution in [1.82, 2.24) is 0 Å². The highest BCUT2D eigenvalue weighted by Crippen LogP contribution is 2.49. The first-order chi connectivity index (χ1) is 12.9. The van der Waals surface area contributed by atoms with Crippen molar-refractivity contribution in [2.45, 2.75) is 46.5 Å². The standard InChI is InChI=1S/C23H30ClNO2/c1-15(7-6-8-20-17(3)18-11-12-19(20)13-18)16(2)23(27)25(14-26)22-10-5-4-9-21(22)24/h4-5,9-12,14-20H,6-8,13H2,1-3H3. The molecule has 1 aromatic rings. The molecule has 0 aliphatic heterocycles. The fourth-order valence-corrected chi connectivity index (χ4v) is 5.14. The van der Waals surface area contributed by atoms with Gasteiger partial charge in [0.25, 0.3) is 0 Å². The minimum atomic E-state index is -0.219. The molecule has 3 rings (SSSR count). The van der Waals surface area contributed by atoms with Crippen LogP contribution in [0.4, 0.5) is 5.69 Å². The summed E-state index contributed by atoms with van der Waals surface area (Å²) < 4.78 is 0. The number of hydrogen-bond acceptors (Lipinski definition) is 2. The zero-order chi connectivity index (χ0) is 19.6. The lowest BCUT2D eigenvalue weighted by molar-refractivity contribution is -0.125. The van der Waals surface area contributed by atoms with E-state index in [0.29, 0.717) is 17.1 Å². The van der Waals surface area contributed by atoms with Gasteiger partial charge in [0.05, 0.1) is 10.7 Å². The number of amides is 2. The summed E-state index contributed by atoms with van der Waals surface area (Å²) in [7, 11) is 0. The van der Waals surface area contributed by atoms with Gasteiger partial charge < -0.3 is 0 Å². The monoisotopic (exact) mass is 387 g/mol. The number of carbonyl (C=O) groups excluding carboxylic acids is 2. The molecular weight excluding hydrogens is 358 g/mol. The Morgan fingerprint density at radius 2 is 1.96 bits per heavy atom. The molecule has 2 aliphatic rings. The average Bonchev–Trinajstić information content (AvgIpc) is 3.25. The van der Waals surface area contributed by atoms with Crippen molar-refractivity contribution >= 4 is 29.6 Å². The lowest BCUT2D eigenvalue weighted by Gasteiger charge is -2.27. The minimum absolute atomic E-state index is 0.179. The maximum atomic E-state index is 12.9. The van der Waals surface area contributed by atoms with Crippen LogP contribution in [0.5, 0.6) is 0 Å². The van der Waals surface area contributed by atoms with Crippen molar-refractivity contribution in [2.24, 2.45) is 35.5 Å². The number of nitrogens with zero attached hydrogens (tertiary/aromatic N) is 1. The Hall–Kier alpha value is -1.61. The molecule has 146 valence electrons. The Morgan fingerprint density at radius 3 is 2.59 bits per heavy atom. The zero-order valence-corrected chi connectivity index (χ0v) is 17.2. The Morgan fingerprint density at radius 1 is 1.26 bits per heavy atom. The van der Waals surface area contributed by atoms with E-state index in [1.165, 1.54) is 12.8 Å². The van der Waals surface area contributed by atoms with E-state index in [9.17, 15) is 9.59 Å². The molecule has 3 nitrogen and oxygen atoms in total. The maximum absolute atomic E-state index is 12.9. The predicted octanol–water partition coefficient (Wildman–Crippen LogP) is 5.73. The number of benzene rings is 1. The van der Waals surface area contributed by atoms with Gasteiger partial charge in [-0.2, -0.15) is 0 Å². The van der Waals surface area contributed by atoms with Gasteiger partial charge in [0.1, 0.15) is 0 Å². The number of carbonyl (C=O) groups is 2. The smallest absolute Gasteiger partial charge is 0.236 e. The summed E-state index contributed by atoms with van der Waals surface area (Å²) in [5, 5.41) is 0.413. The van der Waals surface area contributed by atoms with Gasteiger partial charge in [0, 0.05) is 5.92 Å². The van der Waals surface area contributed by atoms with Gasteiger partial charge in [-0.05, 0) is 61.0 Å². The van der Waals surface area contributed by atoms with Crippen LogP contribution in [0.3, 0.4) is 0 Å². The van der Waals surface area contributed by atoms with E-state index in [4.69, 9.17) is 11.6 Å². The minimum Gasteiger partial charge on any atom is -0.278 e. The number of hydrogen-bond donors (Lipinski definition) is 0. The first kappa shape index (κ1) is 20.1. The second kappa shape index (κ2) is 8.60. The van der Waals surface area contributed by atoms with Gasteiger partial charge in [0.15, 0.2) is 0 Å². The van der Waals surface area contributed by atoms with Gasteiger partial charge in [-0.1, -0.05) is 63.1 Å². The summed E-state index contributed by atoms with van der Waals surface area (Å²) in [5.74, 6) is 2.98. The third-order valence-corrected chi connectivity index (χ3v) is 7.26. The average molecular weight is 388 g/mol. The summed E-state index contributed by atoms with van der Waals surface area (Å²) in [6.45, 7) is 6.42. The van der Waals surface area contributed by atoms with Crippen LogP contribution in [0.2, 0.25) is 5.02 Å². The third kappa shape index (κ3) is 4.13. The van der Waals surface area contributed by atoms with Gasteiger partial charge in [0.2, 0.25) is 12.3 Å². The molecule has 1 fully saturated rings. The summed E-state index contributed by atoms with van der Waals surface area (Å²) in [6, 6.07) is 6.97. The van der Waals surface area contributed by atoms with Crippen molar-refractivity contribution in [3.63, 3.8) is 0 Å². The molecule has 1 aromatic carbocycles. The van der Waals surface area contributed by atoms with Crippen LogP contribution >= 0.6 is 11.6 Å². The number of rotatable bonds is 8. The second-order valence-electron chi connectivity index (χ2n) is 8.43. The van der Waals surface area contributed by atoms with Crippen molar-refractivity contribution in [1.29, 1.82) is 0 Å². The molecule has 0 spiro atoms. The lowest BCUT2D eigenvalue weighted by atomic mass is 9.80. The molecular formula is C23H30ClNO2. The van der Waals surface area contributed by atoms with Crippen LogP contribution in [0.25, 0.3) is 0 Å². The van der Waals surface area contributed by atoms with Crippen LogP contribution in [0.1, 0.15) is 46.5 Å². The van der Waals surface area contributed by atoms with Crippen LogP contribution < -0.4 is 4.90 Å². The molecule has 6 unspecified atom stereocenters. The van der Waals surface area contributed by atoms with Crippen molar-refractivity contribution in [2.75, 3.05) is 4.90 Å². The van der Waals surface area contributed by atoms with Gasteiger partial charge in [-0.25, -0.2) is 0 Å². The number of anilines is 1. The zero-order valence-electron chi connectivity index (χ0n) is 16.5. The molecule has 0 heterocycles. The molecule has 1 saturated carbocycles. The van der Waals surface area contributed by atoms with E-state index >= 15 is 0 Å². The maximum Gasteiger partial charge on any atom is 0.236 e. The number of halogens is 1. The number of allylic oxidation sites excluding steroid dienone is 2. The second-order valence-corrected chi connectivity index (χ2v) is 8.84. The Labute approximate surface area is 167 Å². The quantitative estimate of drug-likeness (QED) is 0.422. The lowest BCUT2D eigenvalue weighted by Crippen LogP contribution is -2.36. The highest BCUT2D eigenvalue weighted by atomic mass is 35.5. The molecule has 6 atom stereocenters. The summed E-state index contributed by atoms with van der Waals surface area (Å²) >= 11 is 6.17. The van der Waals surface area contributed by atoms with Gasteiger partial charge >= 0.3 is 0 Å². The van der Waals surface area contributed by atoms with Crippen LogP contribution in [0.15, 0.2) is 36.4 Å². The Bertz CT molecular complexity index is 716. The highest BCUT2D eigenvalue weighted by Gasteiger charge is 2.41. The molecule has 0 aromatic heterocycles. The van der Waals surface area contributed by atoms with Crippen molar-refractivity contribution in [3.8, 4) is 0 Å². The van der Waals surface area contributed by atoms with E-state index < -0.39 is 0 Å². The number of para-hydroxylation sites is 1. The van der Waals surface area contributed by atoms with Crippen LogP contribution in [-0.2, 0) is 9.59 Å². The summed E-state index contributed by atoms with van der Waals surface area (Å²) in [5.41, 5.74) is 0.459. The predicted molar refractivity (Wildman–Crippen MR) is 111 cm³/mol. The molecule has 0 radical (unpaired) electrons. The molecule has 2 bridgehead atoms. The van der Waals surface area contributed by atoms with E-state index in [1.807, 2.05) is 6.92 Å². The van der Waals surface area contributed by atoms with Gasteiger partial charge in [-0.3, -0.25) is 14.5 Å². The molecule has 2 aliphatic carbocycles. The molecule has 27 heavy (non-hydrogen) atoms. The van der Waals surface area contributed by atoms with E-state index in [1.54, 1.807) is 24.3 Å².